The Morgan fingerprint density at radius 2 is 1.81 bits per heavy atom. The molecule has 1 saturated heterocycles. The van der Waals surface area contributed by atoms with E-state index in [2.05, 4.69) is 19.2 Å². The lowest BCUT2D eigenvalue weighted by atomic mass is 9.91. The molecule has 1 aliphatic carbocycles. The van der Waals surface area contributed by atoms with Crippen LogP contribution in [0.25, 0.3) is 0 Å². The van der Waals surface area contributed by atoms with Crippen LogP contribution in [0.5, 0.6) is 0 Å². The quantitative estimate of drug-likeness (QED) is 0.750. The van der Waals surface area contributed by atoms with E-state index in [1.54, 1.807) is 0 Å². The van der Waals surface area contributed by atoms with Gasteiger partial charge in [0.1, 0.15) is 0 Å². The fourth-order valence-electron chi connectivity index (χ4n) is 2.95. The van der Waals surface area contributed by atoms with Gasteiger partial charge in [-0.1, -0.05) is 13.3 Å². The van der Waals surface area contributed by atoms with E-state index in [1.807, 2.05) is 0 Å². The molecular formula is C14H27NO. The van der Waals surface area contributed by atoms with Gasteiger partial charge >= 0.3 is 0 Å². The molecule has 0 aromatic carbocycles. The van der Waals surface area contributed by atoms with E-state index in [0.717, 1.165) is 31.1 Å². The summed E-state index contributed by atoms with van der Waals surface area (Å²) in [7, 11) is 0. The predicted molar refractivity (Wildman–Crippen MR) is 67.6 cm³/mol. The van der Waals surface area contributed by atoms with Gasteiger partial charge in [-0.15, -0.1) is 0 Å². The molecule has 0 amide bonds. The molecule has 2 atom stereocenters. The highest BCUT2D eigenvalue weighted by Gasteiger charge is 2.32. The first-order valence-corrected chi connectivity index (χ1v) is 7.15. The average Bonchev–Trinajstić information content (AvgIpc) is 3.13. The van der Waals surface area contributed by atoms with Crippen molar-refractivity contribution in [3.8, 4) is 0 Å². The Balaban J connectivity index is 1.76. The number of nitrogens with one attached hydrogen (secondary N) is 1. The number of rotatable bonds is 6. The first-order valence-electron chi connectivity index (χ1n) is 7.15. The van der Waals surface area contributed by atoms with E-state index in [0.29, 0.717) is 6.04 Å². The molecule has 2 unspecified atom stereocenters. The van der Waals surface area contributed by atoms with E-state index >= 15 is 0 Å². The third-order valence-corrected chi connectivity index (χ3v) is 4.24. The van der Waals surface area contributed by atoms with Gasteiger partial charge in [-0.3, -0.25) is 0 Å². The van der Waals surface area contributed by atoms with E-state index < -0.39 is 0 Å². The van der Waals surface area contributed by atoms with Gasteiger partial charge in [0, 0.05) is 25.3 Å². The minimum absolute atomic E-state index is 0.682. The van der Waals surface area contributed by atoms with Crippen LogP contribution in [0, 0.1) is 11.8 Å². The zero-order chi connectivity index (χ0) is 11.4. The van der Waals surface area contributed by atoms with Gasteiger partial charge in [-0.2, -0.15) is 0 Å². The zero-order valence-corrected chi connectivity index (χ0v) is 10.9. The fourth-order valence-corrected chi connectivity index (χ4v) is 2.95. The molecule has 2 nitrogen and oxygen atoms in total. The Bertz CT molecular complexity index is 197. The van der Waals surface area contributed by atoms with Crippen LogP contribution in [0.15, 0.2) is 0 Å². The second-order valence-corrected chi connectivity index (χ2v) is 5.64. The second-order valence-electron chi connectivity index (χ2n) is 5.64. The summed E-state index contributed by atoms with van der Waals surface area (Å²) in [6.45, 7) is 6.62. The van der Waals surface area contributed by atoms with Gasteiger partial charge in [-0.05, 0) is 50.9 Å². The Morgan fingerprint density at radius 1 is 1.12 bits per heavy atom. The first-order chi connectivity index (χ1) is 7.81. The highest BCUT2D eigenvalue weighted by atomic mass is 16.5. The Labute approximate surface area is 100 Å². The standard InChI is InChI=1S/C14H27NO/c1-3-4-14(13-5-6-13)15-11(2)12-7-9-16-10-8-12/h11-15H,3-10H2,1-2H3. The van der Waals surface area contributed by atoms with Crippen molar-refractivity contribution in [3.63, 3.8) is 0 Å². The summed E-state index contributed by atoms with van der Waals surface area (Å²) in [6, 6.07) is 1.48. The van der Waals surface area contributed by atoms with Crippen molar-refractivity contribution in [1.82, 2.24) is 5.32 Å². The highest BCUT2D eigenvalue weighted by molar-refractivity contribution is 4.89. The van der Waals surface area contributed by atoms with Gasteiger partial charge in [0.25, 0.3) is 0 Å². The van der Waals surface area contributed by atoms with Crippen molar-refractivity contribution in [3.05, 3.63) is 0 Å². The Hall–Kier alpha value is -0.0800. The molecule has 2 aliphatic rings. The lowest BCUT2D eigenvalue weighted by molar-refractivity contribution is 0.0538. The number of hydrogen-bond acceptors (Lipinski definition) is 2. The van der Waals surface area contributed by atoms with Crippen LogP contribution < -0.4 is 5.32 Å². The van der Waals surface area contributed by atoms with Crippen LogP contribution in [-0.2, 0) is 4.74 Å². The number of hydrogen-bond donors (Lipinski definition) is 1. The fraction of sp³-hybridized carbons (Fsp3) is 1.00. The Kier molecular flexibility index (Phi) is 4.66. The predicted octanol–water partition coefficient (Wildman–Crippen LogP) is 2.97. The largest absolute Gasteiger partial charge is 0.381 e. The van der Waals surface area contributed by atoms with Crippen molar-refractivity contribution < 1.29 is 4.74 Å². The minimum Gasteiger partial charge on any atom is -0.381 e. The molecule has 0 radical (unpaired) electrons. The molecule has 1 aliphatic heterocycles. The lowest BCUT2D eigenvalue weighted by Crippen LogP contribution is -2.43. The van der Waals surface area contributed by atoms with Gasteiger partial charge in [0.2, 0.25) is 0 Å². The summed E-state index contributed by atoms with van der Waals surface area (Å²) in [4.78, 5) is 0. The maximum atomic E-state index is 5.43. The highest BCUT2D eigenvalue weighted by Crippen LogP contribution is 2.35. The molecule has 1 N–H and O–H groups in total. The van der Waals surface area contributed by atoms with Crippen molar-refractivity contribution in [2.24, 2.45) is 11.8 Å². The second kappa shape index (κ2) is 6.02. The lowest BCUT2D eigenvalue weighted by Gasteiger charge is -2.32. The van der Waals surface area contributed by atoms with Gasteiger partial charge in [0.15, 0.2) is 0 Å². The van der Waals surface area contributed by atoms with Crippen molar-refractivity contribution in [2.45, 2.75) is 64.5 Å². The molecule has 1 heterocycles. The molecule has 0 spiro atoms. The smallest absolute Gasteiger partial charge is 0.0469 e. The third kappa shape index (κ3) is 3.46. The van der Waals surface area contributed by atoms with Crippen molar-refractivity contribution >= 4 is 0 Å². The van der Waals surface area contributed by atoms with E-state index in [4.69, 9.17) is 4.74 Å². The molecule has 16 heavy (non-hydrogen) atoms. The van der Waals surface area contributed by atoms with Crippen LogP contribution in [0.1, 0.15) is 52.4 Å². The van der Waals surface area contributed by atoms with Crippen LogP contribution in [0.4, 0.5) is 0 Å². The van der Waals surface area contributed by atoms with Crippen molar-refractivity contribution in [2.75, 3.05) is 13.2 Å². The third-order valence-electron chi connectivity index (χ3n) is 4.24. The summed E-state index contributed by atoms with van der Waals surface area (Å²) < 4.78 is 5.43. The summed E-state index contributed by atoms with van der Waals surface area (Å²) in [5, 5.41) is 3.89. The first kappa shape index (κ1) is 12.4. The van der Waals surface area contributed by atoms with Crippen LogP contribution >= 0.6 is 0 Å². The van der Waals surface area contributed by atoms with Gasteiger partial charge < -0.3 is 10.1 Å². The molecule has 0 aromatic rings. The van der Waals surface area contributed by atoms with Crippen LogP contribution in [-0.4, -0.2) is 25.3 Å². The van der Waals surface area contributed by atoms with E-state index in [-0.39, 0.29) is 0 Å². The summed E-state index contributed by atoms with van der Waals surface area (Å²) in [5.41, 5.74) is 0. The van der Waals surface area contributed by atoms with E-state index in [1.165, 1.54) is 38.5 Å². The van der Waals surface area contributed by atoms with Crippen molar-refractivity contribution in [1.29, 1.82) is 0 Å². The monoisotopic (exact) mass is 225 g/mol. The molecule has 94 valence electrons. The molecule has 2 heteroatoms. The summed E-state index contributed by atoms with van der Waals surface area (Å²) in [6.07, 6.45) is 8.08. The van der Waals surface area contributed by atoms with Crippen LogP contribution in [0.3, 0.4) is 0 Å². The maximum absolute atomic E-state index is 5.43. The SMILES string of the molecule is CCCC(NC(C)C1CCOCC1)C1CC1. The zero-order valence-electron chi connectivity index (χ0n) is 10.9. The molecule has 1 saturated carbocycles. The normalized spacial score (nSPS) is 26.6. The summed E-state index contributed by atoms with van der Waals surface area (Å²) in [5.74, 6) is 1.83. The molecule has 2 rings (SSSR count). The topological polar surface area (TPSA) is 21.3 Å². The van der Waals surface area contributed by atoms with Crippen LogP contribution in [0.2, 0.25) is 0 Å². The average molecular weight is 225 g/mol. The molecular weight excluding hydrogens is 198 g/mol. The van der Waals surface area contributed by atoms with Gasteiger partial charge in [0.05, 0.1) is 0 Å². The minimum atomic E-state index is 0.682. The summed E-state index contributed by atoms with van der Waals surface area (Å²) >= 11 is 0. The number of ether oxygens (including phenoxy) is 1. The molecule has 2 fully saturated rings. The van der Waals surface area contributed by atoms with Gasteiger partial charge in [-0.25, -0.2) is 0 Å². The maximum Gasteiger partial charge on any atom is 0.0469 e. The Morgan fingerprint density at radius 3 is 2.38 bits per heavy atom. The van der Waals surface area contributed by atoms with E-state index in [9.17, 15) is 0 Å². The molecule has 0 bridgehead atoms. The molecule has 0 aromatic heterocycles.